The number of rotatable bonds is 4. The third-order valence-corrected chi connectivity index (χ3v) is 4.26. The maximum atomic E-state index is 12.2. The van der Waals surface area contributed by atoms with Crippen molar-refractivity contribution in [2.75, 3.05) is 11.1 Å². The molecule has 0 spiro atoms. The van der Waals surface area contributed by atoms with E-state index < -0.39 is 18.0 Å². The van der Waals surface area contributed by atoms with Gasteiger partial charge in [0, 0.05) is 6.20 Å². The number of halogens is 4. The van der Waals surface area contributed by atoms with Gasteiger partial charge in [-0.25, -0.2) is 14.8 Å². The van der Waals surface area contributed by atoms with Crippen LogP contribution >= 0.6 is 46.4 Å². The van der Waals surface area contributed by atoms with Crippen LogP contribution in [0, 0.1) is 0 Å². The maximum Gasteiger partial charge on any atom is 0.359 e. The zero-order valence-electron chi connectivity index (χ0n) is 12.5. The number of anilines is 2. The third kappa shape index (κ3) is 4.64. The second-order valence-electron chi connectivity index (χ2n) is 4.69. The lowest BCUT2D eigenvalue weighted by Crippen LogP contribution is -2.30. The highest BCUT2D eigenvalue weighted by atomic mass is 35.5. The minimum atomic E-state index is -1.17. The monoisotopic (exact) mass is 422 g/mol. The number of carbonyl (C=O) groups is 2. The molecule has 3 N–H and O–H groups in total. The van der Waals surface area contributed by atoms with Crippen molar-refractivity contribution in [3.63, 3.8) is 0 Å². The number of esters is 1. The normalized spacial score (nSPS) is 11.7. The summed E-state index contributed by atoms with van der Waals surface area (Å²) in [6.07, 6.45) is 0.189. The predicted octanol–water partition coefficient (Wildman–Crippen LogP) is 3.86. The van der Waals surface area contributed by atoms with E-state index in [1.54, 1.807) is 6.07 Å². The van der Waals surface area contributed by atoms with Gasteiger partial charge in [-0.3, -0.25) is 4.79 Å². The lowest BCUT2D eigenvalue weighted by molar-refractivity contribution is -0.123. The fraction of sp³-hybridized carbons (Fsp3) is 0.143. The molecular formula is C14H10Cl4N4O3. The molecular weight excluding hydrogens is 414 g/mol. The SMILES string of the molecule is C[C@@H](OC(=O)c1nc(Cl)c(Cl)c(N)c1Cl)C(=O)Nc1ccc(Cl)cn1. The molecule has 2 rings (SSSR count). The van der Waals surface area contributed by atoms with Crippen molar-refractivity contribution in [1.29, 1.82) is 0 Å². The molecule has 0 saturated carbocycles. The standard InChI is InChI=1S/C14H10Cl4N4O3/c1-5(13(23)21-7-3-2-6(15)4-20-7)25-14(24)11-8(16)10(19)9(17)12(18)22-11/h2-5H,1H3,(H2,19,22)(H,20,21,23)/t5-/m1/s1. The zero-order valence-corrected chi connectivity index (χ0v) is 15.5. The average Bonchev–Trinajstić information content (AvgIpc) is 2.58. The number of nitrogens with one attached hydrogen (secondary N) is 1. The Morgan fingerprint density at radius 1 is 1.20 bits per heavy atom. The van der Waals surface area contributed by atoms with Gasteiger partial charge < -0.3 is 15.8 Å². The van der Waals surface area contributed by atoms with E-state index in [-0.39, 0.29) is 32.4 Å². The summed E-state index contributed by atoms with van der Waals surface area (Å²) in [6.45, 7) is 1.36. The van der Waals surface area contributed by atoms with E-state index in [1.165, 1.54) is 19.2 Å². The second kappa shape index (κ2) is 8.05. The van der Waals surface area contributed by atoms with Crippen molar-refractivity contribution in [3.05, 3.63) is 44.2 Å². The van der Waals surface area contributed by atoms with Gasteiger partial charge in [0.1, 0.15) is 10.8 Å². The van der Waals surface area contributed by atoms with Gasteiger partial charge in [-0.15, -0.1) is 0 Å². The molecule has 0 radical (unpaired) electrons. The molecule has 1 amide bonds. The molecule has 0 saturated heterocycles. The Hall–Kier alpha value is -1.80. The van der Waals surface area contributed by atoms with Crippen LogP contribution in [0.1, 0.15) is 17.4 Å². The summed E-state index contributed by atoms with van der Waals surface area (Å²) in [5.41, 5.74) is 5.17. The van der Waals surface area contributed by atoms with Gasteiger partial charge in [-0.1, -0.05) is 46.4 Å². The number of amides is 1. The Bertz CT molecular complexity index is 830. The Labute approximate surface area is 162 Å². The van der Waals surface area contributed by atoms with Gasteiger partial charge in [-0.05, 0) is 19.1 Å². The Morgan fingerprint density at radius 2 is 1.88 bits per heavy atom. The van der Waals surface area contributed by atoms with Crippen LogP contribution in [0.2, 0.25) is 20.2 Å². The van der Waals surface area contributed by atoms with Gasteiger partial charge in [-0.2, -0.15) is 0 Å². The lowest BCUT2D eigenvalue weighted by Gasteiger charge is -2.14. The van der Waals surface area contributed by atoms with E-state index in [2.05, 4.69) is 15.3 Å². The van der Waals surface area contributed by atoms with Crippen LogP contribution in [-0.4, -0.2) is 27.9 Å². The van der Waals surface area contributed by atoms with Crippen molar-refractivity contribution in [1.82, 2.24) is 9.97 Å². The van der Waals surface area contributed by atoms with Crippen LogP contribution in [0.4, 0.5) is 11.5 Å². The van der Waals surface area contributed by atoms with Crippen LogP contribution in [0.15, 0.2) is 18.3 Å². The van der Waals surface area contributed by atoms with Crippen molar-refractivity contribution < 1.29 is 14.3 Å². The molecule has 1 atom stereocenters. The first kappa shape index (κ1) is 19.5. The van der Waals surface area contributed by atoms with Crippen LogP contribution in [0.3, 0.4) is 0 Å². The highest BCUT2D eigenvalue weighted by Crippen LogP contribution is 2.34. The Morgan fingerprint density at radius 3 is 2.48 bits per heavy atom. The first-order valence-electron chi connectivity index (χ1n) is 6.64. The van der Waals surface area contributed by atoms with E-state index >= 15 is 0 Å². The van der Waals surface area contributed by atoms with E-state index in [9.17, 15) is 9.59 Å². The average molecular weight is 424 g/mol. The molecule has 2 aromatic heterocycles. The fourth-order valence-corrected chi connectivity index (χ4v) is 2.31. The lowest BCUT2D eigenvalue weighted by atomic mass is 10.3. The van der Waals surface area contributed by atoms with Gasteiger partial charge in [0.15, 0.2) is 17.0 Å². The van der Waals surface area contributed by atoms with E-state index in [0.717, 1.165) is 0 Å². The summed E-state index contributed by atoms with van der Waals surface area (Å²) >= 11 is 23.2. The van der Waals surface area contributed by atoms with Crippen LogP contribution in [0.25, 0.3) is 0 Å². The minimum Gasteiger partial charge on any atom is -0.448 e. The number of hydrogen-bond donors (Lipinski definition) is 2. The molecule has 0 unspecified atom stereocenters. The Balaban J connectivity index is 2.09. The molecule has 7 nitrogen and oxygen atoms in total. The van der Waals surface area contributed by atoms with Gasteiger partial charge in [0.2, 0.25) is 0 Å². The summed E-state index contributed by atoms with van der Waals surface area (Å²) in [5.74, 6) is -1.36. The van der Waals surface area contributed by atoms with E-state index in [4.69, 9.17) is 56.9 Å². The quantitative estimate of drug-likeness (QED) is 0.571. The highest BCUT2D eigenvalue weighted by molar-refractivity contribution is 6.46. The number of carbonyl (C=O) groups excluding carboxylic acids is 2. The van der Waals surface area contributed by atoms with Crippen LogP contribution in [-0.2, 0) is 9.53 Å². The predicted molar refractivity (Wildman–Crippen MR) is 96.4 cm³/mol. The molecule has 25 heavy (non-hydrogen) atoms. The topological polar surface area (TPSA) is 107 Å². The van der Waals surface area contributed by atoms with Crippen molar-refractivity contribution >= 4 is 69.8 Å². The summed E-state index contributed by atoms with van der Waals surface area (Å²) in [4.78, 5) is 31.8. The van der Waals surface area contributed by atoms with Crippen molar-refractivity contribution in [3.8, 4) is 0 Å². The zero-order chi connectivity index (χ0) is 18.7. The summed E-state index contributed by atoms with van der Waals surface area (Å²) in [6, 6.07) is 3.04. The molecule has 0 aliphatic carbocycles. The van der Waals surface area contributed by atoms with Gasteiger partial charge in [0.05, 0.1) is 15.7 Å². The molecule has 132 valence electrons. The molecule has 0 aromatic carbocycles. The van der Waals surface area contributed by atoms with Crippen molar-refractivity contribution in [2.45, 2.75) is 13.0 Å². The number of hydrogen-bond acceptors (Lipinski definition) is 6. The first-order valence-corrected chi connectivity index (χ1v) is 8.15. The number of nitrogens with two attached hydrogens (primary N) is 1. The fourth-order valence-electron chi connectivity index (χ4n) is 1.61. The molecule has 2 aromatic rings. The minimum absolute atomic E-state index is 0.0807. The molecule has 0 bridgehead atoms. The largest absolute Gasteiger partial charge is 0.448 e. The second-order valence-corrected chi connectivity index (χ2v) is 6.24. The maximum absolute atomic E-state index is 12.2. The Kier molecular flexibility index (Phi) is 6.29. The number of ether oxygens (including phenoxy) is 1. The van der Waals surface area contributed by atoms with E-state index in [1.807, 2.05) is 0 Å². The van der Waals surface area contributed by atoms with Crippen LogP contribution in [0.5, 0.6) is 0 Å². The molecule has 11 heteroatoms. The number of aromatic nitrogens is 2. The molecule has 2 heterocycles. The van der Waals surface area contributed by atoms with Crippen molar-refractivity contribution in [2.24, 2.45) is 0 Å². The third-order valence-electron chi connectivity index (χ3n) is 2.90. The van der Waals surface area contributed by atoms with Gasteiger partial charge >= 0.3 is 5.97 Å². The highest BCUT2D eigenvalue weighted by Gasteiger charge is 2.25. The van der Waals surface area contributed by atoms with Crippen LogP contribution < -0.4 is 11.1 Å². The number of pyridine rings is 2. The summed E-state index contributed by atoms with van der Waals surface area (Å²) in [5, 5.41) is 2.37. The molecule has 0 fully saturated rings. The first-order chi connectivity index (χ1) is 11.7. The molecule has 0 aliphatic rings. The summed E-state index contributed by atoms with van der Waals surface area (Å²) in [7, 11) is 0. The molecule has 0 aliphatic heterocycles. The van der Waals surface area contributed by atoms with E-state index in [0.29, 0.717) is 5.02 Å². The smallest absolute Gasteiger partial charge is 0.359 e. The number of nitrogens with zero attached hydrogens (tertiary/aromatic N) is 2. The summed E-state index contributed by atoms with van der Waals surface area (Å²) < 4.78 is 5.02. The number of nitrogen functional groups attached to an aromatic ring is 1. The van der Waals surface area contributed by atoms with Gasteiger partial charge in [0.25, 0.3) is 5.91 Å².